The summed E-state index contributed by atoms with van der Waals surface area (Å²) in [6.45, 7) is 0. The average molecular weight is 1120 g/mol. The predicted octanol–water partition coefficient (Wildman–Crippen LogP) is 12.4. The van der Waals surface area contributed by atoms with Crippen molar-refractivity contribution in [3.05, 3.63) is 195 Å². The van der Waals surface area contributed by atoms with E-state index in [1.165, 1.54) is 0 Å². The monoisotopic (exact) mass is 1110 g/mol. The number of aromatic amines is 4. The number of carbonyl (C=O) groups is 4. The predicted molar refractivity (Wildman–Crippen MR) is 303 cm³/mol. The van der Waals surface area contributed by atoms with E-state index in [1.807, 2.05) is 84.9 Å². The van der Waals surface area contributed by atoms with Crippen LogP contribution in [0, 0.1) is 0 Å². The first-order valence-corrected chi connectivity index (χ1v) is 25.2. The third kappa shape index (κ3) is 15.1. The summed E-state index contributed by atoms with van der Waals surface area (Å²) in [6.07, 6.45) is 5.06. The van der Waals surface area contributed by atoms with Crippen LogP contribution in [0.25, 0.3) is 43.6 Å². The summed E-state index contributed by atoms with van der Waals surface area (Å²) in [6, 6.07) is 44.5. The zero-order valence-corrected chi connectivity index (χ0v) is 43.6. The molecule has 0 fully saturated rings. The van der Waals surface area contributed by atoms with E-state index >= 15 is 0 Å². The standard InChI is InChI=1S/C16H14ClN3O.C15H12ClN3O.C14H11ClN4O.C9H7Cl2N3O/c17-12-7-8-13-14(10-12)19-20-16(13)18-15(21)9-6-11-4-2-1-3-5-11;16-11-6-7-12-13(9-11)18-19-15(12)17-14(20)8-10-4-2-1-3-5-10;15-10-3-4-11-12(7-10)18-19-14(11)17-13(20)6-9-2-1-5-16-8-9;10-4-8(15)12-9-6-2-1-5(11)3-7(6)13-14-9/h1-5,7-8,10H,6,9H2,(H2,18,19,20,21);1-7,9H,8H2,(H2,17,18,19,20);1-5,7-8H,6H2,(H2,17,18,19,20);1-3H,4H2,(H2,12,13,14,15). The van der Waals surface area contributed by atoms with E-state index in [-0.39, 0.29) is 35.9 Å². The number of halogens is 5. The van der Waals surface area contributed by atoms with E-state index in [9.17, 15) is 19.2 Å². The van der Waals surface area contributed by atoms with Gasteiger partial charge in [0.1, 0.15) is 5.88 Å². The summed E-state index contributed by atoms with van der Waals surface area (Å²) in [5.41, 5.74) is 6.13. The highest BCUT2D eigenvalue weighted by atomic mass is 35.5. The van der Waals surface area contributed by atoms with Crippen LogP contribution in [0.1, 0.15) is 23.1 Å². The number of carbonyl (C=O) groups excluding carboxylic acids is 4. The van der Waals surface area contributed by atoms with Gasteiger partial charge in [0.15, 0.2) is 23.3 Å². The number of aryl methyl sites for hydroxylation is 1. The SMILES string of the molecule is O=C(CCc1ccccc1)Nc1n[nH]c2cc(Cl)ccc12.O=C(CCl)Nc1n[nH]c2cc(Cl)ccc12.O=C(Cc1ccccc1)Nc1n[nH]c2cc(Cl)ccc12.O=C(Cc1cccnc1)Nc1n[nH]c2cc(Cl)ccc12. The molecule has 0 aliphatic heterocycles. The Morgan fingerprint density at radius 3 is 1.14 bits per heavy atom. The molecule has 0 spiro atoms. The van der Waals surface area contributed by atoms with Gasteiger partial charge >= 0.3 is 0 Å². The smallest absolute Gasteiger partial charge is 0.240 e. The number of hydrogen-bond acceptors (Lipinski definition) is 9. The molecule has 0 aliphatic rings. The van der Waals surface area contributed by atoms with Crippen LogP contribution in [0.3, 0.4) is 0 Å². The van der Waals surface area contributed by atoms with Gasteiger partial charge in [-0.05, 0) is 102 Å². The largest absolute Gasteiger partial charge is 0.309 e. The zero-order valence-electron chi connectivity index (χ0n) is 39.8. The second kappa shape index (κ2) is 26.3. The van der Waals surface area contributed by atoms with Crippen LogP contribution >= 0.6 is 58.0 Å². The van der Waals surface area contributed by atoms with Gasteiger partial charge < -0.3 is 21.3 Å². The van der Waals surface area contributed by atoms with E-state index in [0.29, 0.717) is 62.6 Å². The highest BCUT2D eigenvalue weighted by Crippen LogP contribution is 2.27. The molecule has 0 aliphatic carbocycles. The van der Waals surface area contributed by atoms with Crippen LogP contribution in [-0.2, 0) is 38.4 Å². The second-order valence-corrected chi connectivity index (χ2v) is 18.6. The van der Waals surface area contributed by atoms with Crippen LogP contribution in [0.4, 0.5) is 23.3 Å². The summed E-state index contributed by atoms with van der Waals surface area (Å²) in [7, 11) is 0. The highest BCUT2D eigenvalue weighted by Gasteiger charge is 2.14. The van der Waals surface area contributed by atoms with Crippen molar-refractivity contribution in [3.8, 4) is 0 Å². The van der Waals surface area contributed by atoms with Crippen molar-refractivity contribution in [2.24, 2.45) is 0 Å². The molecule has 384 valence electrons. The van der Waals surface area contributed by atoms with Gasteiger partial charge in [-0.15, -0.1) is 11.6 Å². The second-order valence-electron chi connectivity index (χ2n) is 16.6. The van der Waals surface area contributed by atoms with Gasteiger partial charge in [-0.2, -0.15) is 20.4 Å². The number of rotatable bonds is 12. The third-order valence-electron chi connectivity index (χ3n) is 11.0. The zero-order chi connectivity index (χ0) is 53.4. The molecule has 0 bridgehead atoms. The van der Waals surface area contributed by atoms with Gasteiger partial charge in [0, 0.05) is 60.4 Å². The van der Waals surface area contributed by atoms with Crippen LogP contribution < -0.4 is 21.3 Å². The van der Waals surface area contributed by atoms with Crippen molar-refractivity contribution in [2.45, 2.75) is 25.7 Å². The van der Waals surface area contributed by atoms with Gasteiger partial charge in [0.2, 0.25) is 23.6 Å². The topological polar surface area (TPSA) is 244 Å². The lowest BCUT2D eigenvalue weighted by atomic mass is 10.1. The molecule has 4 amide bonds. The van der Waals surface area contributed by atoms with Gasteiger partial charge in [-0.1, -0.05) is 113 Å². The van der Waals surface area contributed by atoms with E-state index in [0.717, 1.165) is 60.3 Å². The van der Waals surface area contributed by atoms with E-state index < -0.39 is 0 Å². The fraction of sp³-hybridized carbons (Fsp3) is 0.0926. The van der Waals surface area contributed by atoms with Gasteiger partial charge in [-0.25, -0.2) is 0 Å². The van der Waals surface area contributed by atoms with Crippen molar-refractivity contribution in [3.63, 3.8) is 0 Å². The molecule has 0 atom stereocenters. The van der Waals surface area contributed by atoms with Gasteiger partial charge in [0.25, 0.3) is 0 Å². The number of benzene rings is 6. The number of aromatic nitrogens is 9. The number of anilines is 4. The van der Waals surface area contributed by atoms with Crippen molar-refractivity contribution in [1.29, 1.82) is 0 Å². The number of amides is 4. The lowest BCUT2D eigenvalue weighted by molar-refractivity contribution is -0.116. The summed E-state index contributed by atoms with van der Waals surface area (Å²) in [4.78, 5) is 51.0. The third-order valence-corrected chi connectivity index (χ3v) is 12.2. The number of fused-ring (bicyclic) bond motifs is 4. The fourth-order valence-electron chi connectivity index (χ4n) is 7.43. The Kier molecular flexibility index (Phi) is 18.6. The van der Waals surface area contributed by atoms with Crippen molar-refractivity contribution in [1.82, 2.24) is 45.8 Å². The molecule has 22 heteroatoms. The molecule has 0 saturated heterocycles. The average Bonchev–Trinajstić information content (AvgIpc) is 4.22. The van der Waals surface area contributed by atoms with E-state index in [2.05, 4.69) is 67.0 Å². The molecule has 0 radical (unpaired) electrons. The lowest BCUT2D eigenvalue weighted by Crippen LogP contribution is -2.14. The minimum Gasteiger partial charge on any atom is -0.309 e. The van der Waals surface area contributed by atoms with Crippen LogP contribution in [0.15, 0.2) is 158 Å². The Labute approximate surface area is 458 Å². The summed E-state index contributed by atoms with van der Waals surface area (Å²) in [5, 5.41) is 44.4. The molecule has 0 saturated carbocycles. The number of pyridine rings is 1. The van der Waals surface area contributed by atoms with Crippen molar-refractivity contribution in [2.75, 3.05) is 27.1 Å². The number of alkyl halides is 1. The maximum atomic E-state index is 12.0. The molecular weight excluding hydrogens is 1070 g/mol. The van der Waals surface area contributed by atoms with E-state index in [1.54, 1.807) is 73.1 Å². The maximum absolute atomic E-state index is 12.0. The Morgan fingerprint density at radius 1 is 0.408 bits per heavy atom. The summed E-state index contributed by atoms with van der Waals surface area (Å²) < 4.78 is 0. The van der Waals surface area contributed by atoms with Crippen LogP contribution in [0.2, 0.25) is 20.1 Å². The minimum absolute atomic E-state index is 0.0535. The molecule has 6 aromatic carbocycles. The quantitative estimate of drug-likeness (QED) is 0.0542. The molecular formula is C54H44Cl5N13O4. The molecule has 5 heterocycles. The molecule has 11 rings (SSSR count). The molecule has 8 N–H and O–H groups in total. The number of nitrogens with one attached hydrogen (secondary N) is 8. The van der Waals surface area contributed by atoms with Gasteiger partial charge in [-0.3, -0.25) is 44.6 Å². The molecule has 5 aromatic heterocycles. The Bertz CT molecular complexity index is 3630. The summed E-state index contributed by atoms with van der Waals surface area (Å²) >= 11 is 28.9. The Hall–Kier alpha value is -8.32. The summed E-state index contributed by atoms with van der Waals surface area (Å²) in [5.74, 6) is 1.36. The van der Waals surface area contributed by atoms with Crippen molar-refractivity contribution >= 4 is 149 Å². The van der Waals surface area contributed by atoms with Crippen molar-refractivity contribution < 1.29 is 19.2 Å². The Morgan fingerprint density at radius 2 is 0.763 bits per heavy atom. The molecule has 0 unspecified atom stereocenters. The first-order valence-electron chi connectivity index (χ1n) is 23.1. The number of H-pyrrole nitrogens is 4. The molecule has 11 aromatic rings. The minimum atomic E-state index is -0.292. The first-order chi connectivity index (χ1) is 36.9. The van der Waals surface area contributed by atoms with E-state index in [4.69, 9.17) is 58.0 Å². The molecule has 17 nitrogen and oxygen atoms in total. The maximum Gasteiger partial charge on any atom is 0.240 e. The molecule has 76 heavy (non-hydrogen) atoms. The van der Waals surface area contributed by atoms with Crippen LogP contribution in [-0.4, -0.2) is 75.3 Å². The van der Waals surface area contributed by atoms with Crippen LogP contribution in [0.5, 0.6) is 0 Å². The lowest BCUT2D eigenvalue weighted by Gasteiger charge is -2.03. The Balaban J connectivity index is 0.000000135. The number of nitrogens with zero attached hydrogens (tertiary/aromatic N) is 5. The number of hydrogen-bond donors (Lipinski definition) is 8. The normalized spacial score (nSPS) is 10.6. The highest BCUT2D eigenvalue weighted by molar-refractivity contribution is 6.33. The van der Waals surface area contributed by atoms with Gasteiger partial charge in [0.05, 0.1) is 34.9 Å². The first kappa shape index (κ1) is 54.0. The fourth-order valence-corrected chi connectivity index (χ4v) is 8.19.